The highest BCUT2D eigenvalue weighted by atomic mass is 79.9. The smallest absolute Gasteiger partial charge is 0.254 e. The van der Waals surface area contributed by atoms with Gasteiger partial charge in [-0.05, 0) is 22.9 Å². The summed E-state index contributed by atoms with van der Waals surface area (Å²) in [6, 6.07) is 1.63. The normalized spacial score (nSPS) is 10.5. The van der Waals surface area contributed by atoms with Crippen molar-refractivity contribution in [1.29, 1.82) is 0 Å². The number of nitrogens with one attached hydrogen (secondary N) is 1. The number of rotatable bonds is 4. The molecule has 0 saturated heterocycles. The van der Waals surface area contributed by atoms with E-state index in [0.717, 1.165) is 12.4 Å². The number of furan rings is 1. The second-order valence-electron chi connectivity index (χ2n) is 3.45. The Morgan fingerprint density at radius 1 is 1.65 bits per heavy atom. The van der Waals surface area contributed by atoms with Crippen molar-refractivity contribution in [3.63, 3.8) is 0 Å². The number of hydrogen-bond donors (Lipinski definition) is 1. The van der Waals surface area contributed by atoms with Crippen molar-refractivity contribution in [2.45, 2.75) is 20.0 Å². The van der Waals surface area contributed by atoms with E-state index in [4.69, 9.17) is 4.42 Å². The van der Waals surface area contributed by atoms with Crippen LogP contribution in [0.15, 0.2) is 33.8 Å². The molecule has 1 amide bonds. The van der Waals surface area contributed by atoms with Crippen molar-refractivity contribution in [3.05, 3.63) is 40.8 Å². The fraction of sp³-hybridized carbons (Fsp3) is 0.273. The maximum Gasteiger partial charge on any atom is 0.254 e. The summed E-state index contributed by atoms with van der Waals surface area (Å²) in [6.07, 6.45) is 5.01. The van der Waals surface area contributed by atoms with Crippen LogP contribution in [0.1, 0.15) is 23.1 Å². The highest BCUT2D eigenvalue weighted by Crippen LogP contribution is 2.13. The van der Waals surface area contributed by atoms with E-state index in [1.165, 1.54) is 6.26 Å². The highest BCUT2D eigenvalue weighted by molar-refractivity contribution is 9.10. The van der Waals surface area contributed by atoms with Gasteiger partial charge >= 0.3 is 0 Å². The maximum absolute atomic E-state index is 11.7. The lowest BCUT2D eigenvalue weighted by molar-refractivity contribution is 0.0949. The van der Waals surface area contributed by atoms with Gasteiger partial charge in [0.25, 0.3) is 5.91 Å². The van der Waals surface area contributed by atoms with E-state index < -0.39 is 0 Å². The van der Waals surface area contributed by atoms with Gasteiger partial charge in [0, 0.05) is 25.0 Å². The zero-order valence-corrected chi connectivity index (χ0v) is 10.9. The molecule has 6 heteroatoms. The first-order valence-electron chi connectivity index (χ1n) is 5.23. The van der Waals surface area contributed by atoms with Crippen LogP contribution in [0.5, 0.6) is 0 Å². The summed E-state index contributed by atoms with van der Waals surface area (Å²) in [7, 11) is 0. The third-order valence-electron chi connectivity index (χ3n) is 2.38. The van der Waals surface area contributed by atoms with Crippen LogP contribution >= 0.6 is 15.9 Å². The van der Waals surface area contributed by atoms with Gasteiger partial charge in [-0.15, -0.1) is 0 Å². The van der Waals surface area contributed by atoms with E-state index in [1.807, 2.05) is 17.7 Å². The summed E-state index contributed by atoms with van der Waals surface area (Å²) in [4.78, 5) is 15.9. The van der Waals surface area contributed by atoms with Gasteiger partial charge in [-0.1, -0.05) is 0 Å². The predicted molar refractivity (Wildman–Crippen MR) is 65.5 cm³/mol. The summed E-state index contributed by atoms with van der Waals surface area (Å²) in [5.41, 5.74) is 0.492. The van der Waals surface area contributed by atoms with Gasteiger partial charge < -0.3 is 14.3 Å². The van der Waals surface area contributed by atoms with Gasteiger partial charge in [0.2, 0.25) is 0 Å². The molecule has 2 aromatic rings. The minimum atomic E-state index is -0.176. The molecule has 5 nitrogen and oxygen atoms in total. The van der Waals surface area contributed by atoms with E-state index in [1.54, 1.807) is 12.3 Å². The largest absolute Gasteiger partial charge is 0.457 e. The van der Waals surface area contributed by atoms with E-state index in [-0.39, 0.29) is 5.91 Å². The predicted octanol–water partition coefficient (Wildman–Crippen LogP) is 2.19. The first kappa shape index (κ1) is 11.9. The van der Waals surface area contributed by atoms with Crippen LogP contribution in [0.4, 0.5) is 0 Å². The Hall–Kier alpha value is -1.56. The molecular formula is C11H12BrN3O2. The van der Waals surface area contributed by atoms with E-state index in [9.17, 15) is 4.79 Å². The molecule has 0 atom stereocenters. The molecule has 0 bridgehead atoms. The Labute approximate surface area is 107 Å². The molecule has 0 radical (unpaired) electrons. The SMILES string of the molecule is CCn1ccnc1CNC(=O)c1coc(Br)c1. The lowest BCUT2D eigenvalue weighted by atomic mass is 10.3. The number of imidazole rings is 1. The molecule has 2 aromatic heterocycles. The van der Waals surface area contributed by atoms with Crippen molar-refractivity contribution < 1.29 is 9.21 Å². The fourth-order valence-electron chi connectivity index (χ4n) is 1.49. The number of amides is 1. The number of halogens is 1. The molecule has 2 heterocycles. The first-order valence-corrected chi connectivity index (χ1v) is 6.02. The second kappa shape index (κ2) is 5.18. The monoisotopic (exact) mass is 297 g/mol. The van der Waals surface area contributed by atoms with Crippen molar-refractivity contribution in [3.8, 4) is 0 Å². The highest BCUT2D eigenvalue weighted by Gasteiger charge is 2.10. The third-order valence-corrected chi connectivity index (χ3v) is 2.79. The molecule has 2 rings (SSSR count). The Morgan fingerprint density at radius 2 is 2.47 bits per heavy atom. The van der Waals surface area contributed by atoms with E-state index in [0.29, 0.717) is 16.8 Å². The van der Waals surface area contributed by atoms with Crippen LogP contribution in [0.2, 0.25) is 0 Å². The van der Waals surface area contributed by atoms with E-state index in [2.05, 4.69) is 26.2 Å². The van der Waals surface area contributed by atoms with Gasteiger partial charge in [-0.25, -0.2) is 4.98 Å². The molecule has 0 aromatic carbocycles. The topological polar surface area (TPSA) is 60.1 Å². The fourth-order valence-corrected chi connectivity index (χ4v) is 1.83. The molecule has 0 aliphatic rings. The quantitative estimate of drug-likeness (QED) is 0.941. The third kappa shape index (κ3) is 2.76. The summed E-state index contributed by atoms with van der Waals surface area (Å²) >= 11 is 3.15. The molecule has 0 aliphatic carbocycles. The molecule has 0 aliphatic heterocycles. The van der Waals surface area contributed by atoms with Crippen LogP contribution in [-0.4, -0.2) is 15.5 Å². The average Bonchev–Trinajstić information content (AvgIpc) is 2.94. The first-order chi connectivity index (χ1) is 8.20. The number of nitrogens with zero attached hydrogens (tertiary/aromatic N) is 2. The van der Waals surface area contributed by atoms with Crippen molar-refractivity contribution in [1.82, 2.24) is 14.9 Å². The molecule has 17 heavy (non-hydrogen) atoms. The lowest BCUT2D eigenvalue weighted by Gasteiger charge is -2.05. The molecule has 0 fully saturated rings. The molecular weight excluding hydrogens is 286 g/mol. The Morgan fingerprint density at radius 3 is 3.12 bits per heavy atom. The van der Waals surface area contributed by atoms with Crippen LogP contribution in [-0.2, 0) is 13.1 Å². The second-order valence-corrected chi connectivity index (χ2v) is 4.23. The van der Waals surface area contributed by atoms with Crippen LogP contribution < -0.4 is 5.32 Å². The van der Waals surface area contributed by atoms with Crippen molar-refractivity contribution >= 4 is 21.8 Å². The minimum Gasteiger partial charge on any atom is -0.457 e. The molecule has 90 valence electrons. The molecule has 0 saturated carbocycles. The van der Waals surface area contributed by atoms with E-state index >= 15 is 0 Å². The number of hydrogen-bond acceptors (Lipinski definition) is 3. The van der Waals surface area contributed by atoms with Crippen LogP contribution in [0, 0.1) is 0 Å². The van der Waals surface area contributed by atoms with Gasteiger partial charge in [0.15, 0.2) is 4.67 Å². The average molecular weight is 298 g/mol. The van der Waals surface area contributed by atoms with Gasteiger partial charge in [-0.3, -0.25) is 4.79 Å². The Kier molecular flexibility index (Phi) is 3.63. The molecule has 1 N–H and O–H groups in total. The number of aromatic nitrogens is 2. The number of aryl methyl sites for hydroxylation is 1. The molecule has 0 spiro atoms. The maximum atomic E-state index is 11.7. The number of carbonyl (C=O) groups excluding carboxylic acids is 1. The van der Waals surface area contributed by atoms with Gasteiger partial charge in [0.1, 0.15) is 12.1 Å². The lowest BCUT2D eigenvalue weighted by Crippen LogP contribution is -2.24. The summed E-state index contributed by atoms with van der Waals surface area (Å²) in [5.74, 6) is 0.661. The Bertz CT molecular complexity index is 518. The van der Waals surface area contributed by atoms with Crippen LogP contribution in [0.25, 0.3) is 0 Å². The zero-order chi connectivity index (χ0) is 12.3. The summed E-state index contributed by atoms with van der Waals surface area (Å²) < 4.78 is 7.52. The summed E-state index contributed by atoms with van der Waals surface area (Å²) in [5, 5.41) is 2.79. The van der Waals surface area contributed by atoms with Crippen molar-refractivity contribution in [2.75, 3.05) is 0 Å². The molecule has 0 unspecified atom stereocenters. The van der Waals surface area contributed by atoms with Gasteiger partial charge in [-0.2, -0.15) is 0 Å². The van der Waals surface area contributed by atoms with Gasteiger partial charge in [0.05, 0.1) is 12.1 Å². The Balaban J connectivity index is 1.97. The minimum absolute atomic E-state index is 0.176. The van der Waals surface area contributed by atoms with Crippen LogP contribution in [0.3, 0.4) is 0 Å². The zero-order valence-electron chi connectivity index (χ0n) is 9.31. The summed E-state index contributed by atoms with van der Waals surface area (Å²) in [6.45, 7) is 3.27. The van der Waals surface area contributed by atoms with Crippen molar-refractivity contribution in [2.24, 2.45) is 0 Å². The number of carbonyl (C=O) groups is 1. The standard InChI is InChI=1S/C11H12BrN3O2/c1-2-15-4-3-13-10(15)6-14-11(16)8-5-9(12)17-7-8/h3-5,7H,2,6H2,1H3,(H,14,16).